The maximum absolute atomic E-state index is 12.3. The Morgan fingerprint density at radius 1 is 1.17 bits per heavy atom. The van der Waals surface area contributed by atoms with E-state index >= 15 is 0 Å². The number of rotatable bonds is 8. The average Bonchev–Trinajstić information content (AvgIpc) is 3.11. The summed E-state index contributed by atoms with van der Waals surface area (Å²) < 4.78 is 10.5. The second-order valence-corrected chi connectivity index (χ2v) is 7.29. The normalized spacial score (nSPS) is 10.7. The number of benzene rings is 2. The molecule has 0 saturated heterocycles. The lowest BCUT2D eigenvalue weighted by Crippen LogP contribution is -2.20. The van der Waals surface area contributed by atoms with Crippen LogP contribution in [0, 0.1) is 6.92 Å². The van der Waals surface area contributed by atoms with Crippen LogP contribution in [0.4, 0.5) is 5.13 Å². The molecule has 3 N–H and O–H groups in total. The molecule has 1 heterocycles. The Morgan fingerprint density at radius 2 is 1.93 bits per heavy atom. The average molecular weight is 423 g/mol. The van der Waals surface area contributed by atoms with Gasteiger partial charge in [0.1, 0.15) is 0 Å². The Labute approximate surface area is 178 Å². The van der Waals surface area contributed by atoms with Crippen LogP contribution in [0.25, 0.3) is 16.5 Å². The fourth-order valence-electron chi connectivity index (χ4n) is 2.68. The van der Waals surface area contributed by atoms with E-state index in [1.165, 1.54) is 24.5 Å². The summed E-state index contributed by atoms with van der Waals surface area (Å²) in [5, 5.41) is 3.33. The maximum atomic E-state index is 12.3. The summed E-state index contributed by atoms with van der Waals surface area (Å²) in [6, 6.07) is 15.0. The standard InChI is InChI=1S/C22H21N3O4S/c1-14-21(16-6-4-3-5-7-16)30-22(24-14)25-20(27)11-9-15-8-10-17(18(12-15)28-2)29-13-19(23)26/h3-12H,13H2,1-2H3,(H2,23,26)(H,24,25,27). The Kier molecular flexibility index (Phi) is 6.82. The van der Waals surface area contributed by atoms with Crippen LogP contribution < -0.4 is 20.5 Å². The van der Waals surface area contributed by atoms with Gasteiger partial charge in [0.05, 0.1) is 17.7 Å². The monoisotopic (exact) mass is 423 g/mol. The molecule has 0 radical (unpaired) electrons. The molecule has 3 rings (SSSR count). The van der Waals surface area contributed by atoms with Gasteiger partial charge in [0.25, 0.3) is 5.91 Å². The topological polar surface area (TPSA) is 104 Å². The second-order valence-electron chi connectivity index (χ2n) is 6.29. The van der Waals surface area contributed by atoms with Crippen LogP contribution in [0.3, 0.4) is 0 Å². The number of primary amides is 1. The van der Waals surface area contributed by atoms with Gasteiger partial charge in [0.15, 0.2) is 23.2 Å². The third kappa shape index (κ3) is 5.45. The highest BCUT2D eigenvalue weighted by Gasteiger charge is 2.11. The van der Waals surface area contributed by atoms with Crippen LogP contribution in [-0.4, -0.2) is 30.5 Å². The van der Waals surface area contributed by atoms with E-state index in [-0.39, 0.29) is 12.5 Å². The molecule has 0 aliphatic rings. The molecular weight excluding hydrogens is 402 g/mol. The fourth-order valence-corrected chi connectivity index (χ4v) is 3.66. The molecular formula is C22H21N3O4S. The Hall–Kier alpha value is -3.65. The van der Waals surface area contributed by atoms with E-state index in [0.717, 1.165) is 21.7 Å². The number of aryl methyl sites for hydroxylation is 1. The number of nitrogens with zero attached hydrogens (tertiary/aromatic N) is 1. The first-order chi connectivity index (χ1) is 14.5. The van der Waals surface area contributed by atoms with Crippen molar-refractivity contribution in [3.05, 3.63) is 65.9 Å². The molecule has 0 aliphatic carbocycles. The van der Waals surface area contributed by atoms with Gasteiger partial charge in [-0.2, -0.15) is 0 Å². The zero-order chi connectivity index (χ0) is 21.5. The van der Waals surface area contributed by atoms with Crippen LogP contribution in [0.15, 0.2) is 54.6 Å². The Morgan fingerprint density at radius 3 is 2.63 bits per heavy atom. The molecule has 154 valence electrons. The number of nitrogens with two attached hydrogens (primary N) is 1. The van der Waals surface area contributed by atoms with Crippen LogP contribution in [0.5, 0.6) is 11.5 Å². The van der Waals surface area contributed by atoms with Gasteiger partial charge in [-0.3, -0.25) is 14.9 Å². The lowest BCUT2D eigenvalue weighted by molar-refractivity contribution is -0.120. The van der Waals surface area contributed by atoms with Crippen LogP contribution >= 0.6 is 11.3 Å². The molecule has 2 aromatic carbocycles. The van der Waals surface area contributed by atoms with Crippen molar-refractivity contribution < 1.29 is 19.1 Å². The van der Waals surface area contributed by atoms with E-state index in [1.54, 1.807) is 24.3 Å². The molecule has 1 aromatic heterocycles. The zero-order valence-electron chi connectivity index (χ0n) is 16.5. The number of amides is 2. The molecule has 0 saturated carbocycles. The molecule has 0 aliphatic heterocycles. The summed E-state index contributed by atoms with van der Waals surface area (Å²) in [5.74, 6) is -0.0478. The van der Waals surface area contributed by atoms with Crippen molar-refractivity contribution in [1.82, 2.24) is 4.98 Å². The van der Waals surface area contributed by atoms with Gasteiger partial charge >= 0.3 is 0 Å². The van der Waals surface area contributed by atoms with Crippen molar-refractivity contribution in [2.24, 2.45) is 5.73 Å². The van der Waals surface area contributed by atoms with E-state index < -0.39 is 5.91 Å². The summed E-state index contributed by atoms with van der Waals surface area (Å²) in [5.41, 5.74) is 7.74. The van der Waals surface area contributed by atoms with E-state index in [2.05, 4.69) is 10.3 Å². The summed E-state index contributed by atoms with van der Waals surface area (Å²) in [7, 11) is 1.49. The van der Waals surface area contributed by atoms with Crippen LogP contribution in [-0.2, 0) is 9.59 Å². The lowest BCUT2D eigenvalue weighted by Gasteiger charge is -2.09. The van der Waals surface area contributed by atoms with Crippen molar-refractivity contribution in [1.29, 1.82) is 0 Å². The van der Waals surface area contributed by atoms with Gasteiger partial charge < -0.3 is 15.2 Å². The third-order valence-corrected chi connectivity index (χ3v) is 5.17. The Bertz CT molecular complexity index is 1080. The largest absolute Gasteiger partial charge is 0.493 e. The van der Waals surface area contributed by atoms with E-state index in [9.17, 15) is 9.59 Å². The predicted molar refractivity (Wildman–Crippen MR) is 118 cm³/mol. The van der Waals surface area contributed by atoms with Gasteiger partial charge in [-0.25, -0.2) is 4.98 Å². The molecule has 3 aromatic rings. The van der Waals surface area contributed by atoms with Crippen molar-refractivity contribution in [2.75, 3.05) is 19.0 Å². The predicted octanol–water partition coefficient (Wildman–Crippen LogP) is 3.64. The van der Waals surface area contributed by atoms with Gasteiger partial charge in [0, 0.05) is 6.08 Å². The number of hydrogen-bond donors (Lipinski definition) is 2. The molecule has 0 bridgehead atoms. The van der Waals surface area contributed by atoms with Gasteiger partial charge in [0.2, 0.25) is 5.91 Å². The highest BCUT2D eigenvalue weighted by molar-refractivity contribution is 7.19. The first kappa shape index (κ1) is 21.1. The van der Waals surface area contributed by atoms with Crippen molar-refractivity contribution in [3.63, 3.8) is 0 Å². The molecule has 0 fully saturated rings. The Balaban J connectivity index is 1.67. The summed E-state index contributed by atoms with van der Waals surface area (Å²) >= 11 is 1.43. The van der Waals surface area contributed by atoms with Gasteiger partial charge in [-0.1, -0.05) is 47.7 Å². The smallest absolute Gasteiger partial charge is 0.255 e. The number of carbonyl (C=O) groups is 2. The minimum Gasteiger partial charge on any atom is -0.493 e. The summed E-state index contributed by atoms with van der Waals surface area (Å²) in [4.78, 5) is 28.6. The molecule has 30 heavy (non-hydrogen) atoms. The molecule has 0 spiro atoms. The van der Waals surface area contributed by atoms with E-state index in [1.807, 2.05) is 37.3 Å². The third-order valence-electron chi connectivity index (χ3n) is 4.05. The summed E-state index contributed by atoms with van der Waals surface area (Å²) in [6.45, 7) is 1.67. The van der Waals surface area contributed by atoms with Crippen molar-refractivity contribution >= 4 is 34.4 Å². The second kappa shape index (κ2) is 9.71. The van der Waals surface area contributed by atoms with Crippen LogP contribution in [0.1, 0.15) is 11.3 Å². The minimum absolute atomic E-state index is 0.244. The van der Waals surface area contributed by atoms with Crippen molar-refractivity contribution in [2.45, 2.75) is 6.92 Å². The minimum atomic E-state index is -0.578. The number of hydrogen-bond acceptors (Lipinski definition) is 6. The molecule has 0 unspecified atom stereocenters. The fraction of sp³-hybridized carbons (Fsp3) is 0.136. The maximum Gasteiger partial charge on any atom is 0.255 e. The van der Waals surface area contributed by atoms with Gasteiger partial charge in [-0.15, -0.1) is 0 Å². The highest BCUT2D eigenvalue weighted by Crippen LogP contribution is 2.32. The first-order valence-corrected chi connectivity index (χ1v) is 9.89. The summed E-state index contributed by atoms with van der Waals surface area (Å²) in [6.07, 6.45) is 3.06. The lowest BCUT2D eigenvalue weighted by atomic mass is 10.2. The number of methoxy groups -OCH3 is 1. The van der Waals surface area contributed by atoms with Crippen molar-refractivity contribution in [3.8, 4) is 21.9 Å². The number of anilines is 1. The molecule has 8 heteroatoms. The number of ether oxygens (including phenoxy) is 2. The number of thiazole rings is 1. The number of nitrogens with one attached hydrogen (secondary N) is 1. The van der Waals surface area contributed by atoms with Gasteiger partial charge in [-0.05, 0) is 36.3 Å². The number of carbonyl (C=O) groups excluding carboxylic acids is 2. The quantitative estimate of drug-likeness (QED) is 0.539. The molecule has 0 atom stereocenters. The molecule has 7 nitrogen and oxygen atoms in total. The SMILES string of the molecule is COc1cc(C=CC(=O)Nc2nc(C)c(-c3ccccc3)s2)ccc1OCC(N)=O. The highest BCUT2D eigenvalue weighted by atomic mass is 32.1. The zero-order valence-corrected chi connectivity index (χ0v) is 17.4. The first-order valence-electron chi connectivity index (χ1n) is 9.07. The molecule has 2 amide bonds. The number of aromatic nitrogens is 1. The van der Waals surface area contributed by atoms with E-state index in [4.69, 9.17) is 15.2 Å². The van der Waals surface area contributed by atoms with E-state index in [0.29, 0.717) is 16.6 Å². The van der Waals surface area contributed by atoms with Crippen LogP contribution in [0.2, 0.25) is 0 Å².